The van der Waals surface area contributed by atoms with Crippen LogP contribution in [0.4, 0.5) is 0 Å². The molecule has 0 aliphatic carbocycles. The van der Waals surface area contributed by atoms with Crippen molar-refractivity contribution >= 4 is 5.78 Å². The molecule has 0 bridgehead atoms. The van der Waals surface area contributed by atoms with Crippen LogP contribution in [-0.4, -0.2) is 12.4 Å². The first-order chi connectivity index (χ1) is 6.84. The normalized spacial score (nSPS) is 10.4. The fourth-order valence-corrected chi connectivity index (χ4v) is 0.994. The maximum absolute atomic E-state index is 11.4. The first-order valence-electron chi connectivity index (χ1n) is 4.72. The summed E-state index contributed by atoms with van der Waals surface area (Å²) in [6.07, 6.45) is 3.85. The van der Waals surface area contributed by atoms with Crippen LogP contribution >= 0.6 is 0 Å². The van der Waals surface area contributed by atoms with E-state index in [0.717, 1.165) is 6.42 Å². The monoisotopic (exact) mass is 190 g/mol. The summed E-state index contributed by atoms with van der Waals surface area (Å²) in [7, 11) is 0. The van der Waals surface area contributed by atoms with Gasteiger partial charge in [0.1, 0.15) is 0 Å². The van der Waals surface area contributed by atoms with Gasteiger partial charge in [-0.05, 0) is 6.42 Å². The van der Waals surface area contributed by atoms with Crippen molar-refractivity contribution in [3.05, 3.63) is 48.2 Å². The lowest BCUT2D eigenvalue weighted by atomic mass is 10.1. The molecule has 0 radical (unpaired) electrons. The second-order valence-corrected chi connectivity index (χ2v) is 2.90. The number of ether oxygens (including phenoxy) is 1. The van der Waals surface area contributed by atoms with E-state index < -0.39 is 0 Å². The van der Waals surface area contributed by atoms with E-state index in [1.54, 1.807) is 12.1 Å². The van der Waals surface area contributed by atoms with Crippen molar-refractivity contribution in [2.75, 3.05) is 6.61 Å². The van der Waals surface area contributed by atoms with Gasteiger partial charge in [0.25, 0.3) is 0 Å². The van der Waals surface area contributed by atoms with Crippen molar-refractivity contribution in [3.63, 3.8) is 0 Å². The Morgan fingerprint density at radius 3 is 2.71 bits per heavy atom. The fourth-order valence-electron chi connectivity index (χ4n) is 0.994. The Kier molecular flexibility index (Phi) is 4.48. The van der Waals surface area contributed by atoms with Crippen LogP contribution in [0, 0.1) is 0 Å². The van der Waals surface area contributed by atoms with Crippen molar-refractivity contribution in [1.82, 2.24) is 0 Å². The molecule has 14 heavy (non-hydrogen) atoms. The van der Waals surface area contributed by atoms with Crippen molar-refractivity contribution < 1.29 is 9.53 Å². The lowest BCUT2D eigenvalue weighted by molar-refractivity contribution is 0.104. The van der Waals surface area contributed by atoms with E-state index in [0.29, 0.717) is 12.2 Å². The third-order valence-electron chi connectivity index (χ3n) is 1.70. The third-order valence-corrected chi connectivity index (χ3v) is 1.70. The molecule has 0 saturated carbocycles. The molecule has 1 rings (SSSR count). The number of hydrogen-bond acceptors (Lipinski definition) is 2. The molecule has 0 aromatic heterocycles. The molecule has 0 unspecified atom stereocenters. The van der Waals surface area contributed by atoms with E-state index in [-0.39, 0.29) is 5.78 Å². The molecule has 0 fully saturated rings. The van der Waals surface area contributed by atoms with Gasteiger partial charge in [-0.1, -0.05) is 37.3 Å². The van der Waals surface area contributed by atoms with Gasteiger partial charge in [0, 0.05) is 11.6 Å². The van der Waals surface area contributed by atoms with Gasteiger partial charge in [-0.2, -0.15) is 0 Å². The highest BCUT2D eigenvalue weighted by Crippen LogP contribution is 2.00. The highest BCUT2D eigenvalue weighted by atomic mass is 16.5. The molecule has 0 heterocycles. The maximum atomic E-state index is 11.4. The Bertz CT molecular complexity index is 301. The number of carbonyl (C=O) groups excluding carboxylic acids is 1. The molecule has 1 aromatic rings. The Morgan fingerprint density at radius 1 is 1.36 bits per heavy atom. The Morgan fingerprint density at radius 2 is 2.07 bits per heavy atom. The van der Waals surface area contributed by atoms with Crippen LogP contribution in [0.3, 0.4) is 0 Å². The van der Waals surface area contributed by atoms with Gasteiger partial charge in [0.05, 0.1) is 12.9 Å². The van der Waals surface area contributed by atoms with E-state index in [4.69, 9.17) is 4.74 Å². The molecule has 0 atom stereocenters. The van der Waals surface area contributed by atoms with Gasteiger partial charge in [0.15, 0.2) is 5.78 Å². The molecule has 1 aromatic carbocycles. The van der Waals surface area contributed by atoms with E-state index in [9.17, 15) is 4.79 Å². The molecular weight excluding hydrogens is 176 g/mol. The standard InChI is InChI=1S/C12H14O2/c1-2-9-14-10-8-12(13)11-6-4-3-5-7-11/h3-8,10H,2,9H2,1H3. The summed E-state index contributed by atoms with van der Waals surface area (Å²) in [4.78, 5) is 11.4. The number of rotatable bonds is 5. The van der Waals surface area contributed by atoms with Gasteiger partial charge in [0.2, 0.25) is 0 Å². The van der Waals surface area contributed by atoms with Gasteiger partial charge in [-0.3, -0.25) is 4.79 Å². The number of carbonyl (C=O) groups is 1. The SMILES string of the molecule is CCCOC=CC(=O)c1ccccc1. The minimum atomic E-state index is -0.0262. The van der Waals surface area contributed by atoms with Crippen molar-refractivity contribution in [1.29, 1.82) is 0 Å². The lowest BCUT2D eigenvalue weighted by Gasteiger charge is -1.96. The van der Waals surface area contributed by atoms with Gasteiger partial charge in [-0.25, -0.2) is 0 Å². The zero-order valence-electron chi connectivity index (χ0n) is 8.27. The largest absolute Gasteiger partial charge is 0.501 e. The van der Waals surface area contributed by atoms with Crippen LogP contribution in [0.5, 0.6) is 0 Å². The molecule has 74 valence electrons. The van der Waals surface area contributed by atoms with Gasteiger partial charge >= 0.3 is 0 Å². The highest BCUT2D eigenvalue weighted by molar-refractivity contribution is 6.04. The summed E-state index contributed by atoms with van der Waals surface area (Å²) in [6, 6.07) is 9.13. The van der Waals surface area contributed by atoms with Crippen molar-refractivity contribution in [2.24, 2.45) is 0 Å². The van der Waals surface area contributed by atoms with Crippen molar-refractivity contribution in [2.45, 2.75) is 13.3 Å². The zero-order valence-corrected chi connectivity index (χ0v) is 8.27. The van der Waals surface area contributed by atoms with E-state index in [1.165, 1.54) is 12.3 Å². The Balaban J connectivity index is 2.47. The average molecular weight is 190 g/mol. The minimum Gasteiger partial charge on any atom is -0.501 e. The molecule has 0 spiro atoms. The molecule has 2 heteroatoms. The lowest BCUT2D eigenvalue weighted by Crippen LogP contribution is -1.93. The molecule has 0 aliphatic heterocycles. The first-order valence-corrected chi connectivity index (χ1v) is 4.72. The molecule has 0 aliphatic rings. The quantitative estimate of drug-likeness (QED) is 0.309. The zero-order chi connectivity index (χ0) is 10.2. The number of benzene rings is 1. The minimum absolute atomic E-state index is 0.0262. The summed E-state index contributed by atoms with van der Waals surface area (Å²) in [5, 5.41) is 0. The topological polar surface area (TPSA) is 26.3 Å². The second-order valence-electron chi connectivity index (χ2n) is 2.90. The number of allylic oxidation sites excluding steroid dienone is 1. The second kappa shape index (κ2) is 5.97. The van der Waals surface area contributed by atoms with Crippen LogP contribution < -0.4 is 0 Å². The number of hydrogen-bond donors (Lipinski definition) is 0. The van der Waals surface area contributed by atoms with E-state index in [2.05, 4.69) is 0 Å². The molecule has 0 N–H and O–H groups in total. The summed E-state index contributed by atoms with van der Waals surface area (Å²) < 4.78 is 5.07. The maximum Gasteiger partial charge on any atom is 0.188 e. The molecule has 0 amide bonds. The van der Waals surface area contributed by atoms with Crippen LogP contribution in [0.2, 0.25) is 0 Å². The smallest absolute Gasteiger partial charge is 0.188 e. The van der Waals surface area contributed by atoms with Crippen LogP contribution in [0.15, 0.2) is 42.7 Å². The summed E-state index contributed by atoms with van der Waals surface area (Å²) in [5.41, 5.74) is 0.684. The fraction of sp³-hybridized carbons (Fsp3) is 0.250. The number of ketones is 1. The molecule has 0 saturated heterocycles. The van der Waals surface area contributed by atoms with Crippen molar-refractivity contribution in [3.8, 4) is 0 Å². The Labute approximate surface area is 84.2 Å². The predicted octanol–water partition coefficient (Wildman–Crippen LogP) is 2.81. The third kappa shape index (κ3) is 3.44. The first kappa shape index (κ1) is 10.5. The predicted molar refractivity (Wildman–Crippen MR) is 56.2 cm³/mol. The van der Waals surface area contributed by atoms with Crippen LogP contribution in [0.25, 0.3) is 0 Å². The van der Waals surface area contributed by atoms with Gasteiger partial charge in [-0.15, -0.1) is 0 Å². The van der Waals surface area contributed by atoms with E-state index in [1.807, 2.05) is 25.1 Å². The van der Waals surface area contributed by atoms with Crippen LogP contribution in [0.1, 0.15) is 23.7 Å². The summed E-state index contributed by atoms with van der Waals surface area (Å²) >= 11 is 0. The summed E-state index contributed by atoms with van der Waals surface area (Å²) in [6.45, 7) is 2.67. The Hall–Kier alpha value is -1.57. The van der Waals surface area contributed by atoms with Crippen LogP contribution in [-0.2, 0) is 4.74 Å². The highest BCUT2D eigenvalue weighted by Gasteiger charge is 1.98. The molecular formula is C12H14O2. The van der Waals surface area contributed by atoms with E-state index >= 15 is 0 Å². The van der Waals surface area contributed by atoms with Gasteiger partial charge < -0.3 is 4.74 Å². The average Bonchev–Trinajstić information content (AvgIpc) is 2.25. The summed E-state index contributed by atoms with van der Waals surface area (Å²) in [5.74, 6) is -0.0262. The molecule has 2 nitrogen and oxygen atoms in total.